The summed E-state index contributed by atoms with van der Waals surface area (Å²) in [6, 6.07) is 6.88. The molecule has 3 saturated heterocycles. The summed E-state index contributed by atoms with van der Waals surface area (Å²) in [6.07, 6.45) is -2.28. The molecular formula is C25H21F3N4O5. The summed E-state index contributed by atoms with van der Waals surface area (Å²) in [7, 11) is 0. The number of ether oxygens (including phenoxy) is 2. The van der Waals surface area contributed by atoms with Gasteiger partial charge >= 0.3 is 12.3 Å². The molecule has 4 heterocycles. The van der Waals surface area contributed by atoms with Gasteiger partial charge in [-0.1, -0.05) is 0 Å². The average Bonchev–Trinajstić information content (AvgIpc) is 3.37. The van der Waals surface area contributed by atoms with E-state index in [0.717, 1.165) is 22.6 Å². The first-order chi connectivity index (χ1) is 17.4. The Morgan fingerprint density at radius 2 is 1.89 bits per heavy atom. The van der Waals surface area contributed by atoms with Crippen LogP contribution in [-0.2, 0) is 31.8 Å². The molecule has 2 aromatic rings. The number of amides is 3. The third-order valence-corrected chi connectivity index (χ3v) is 7.43. The molecule has 37 heavy (non-hydrogen) atoms. The fraction of sp³-hybridized carbons (Fsp3) is 0.400. The van der Waals surface area contributed by atoms with Gasteiger partial charge in [0.25, 0.3) is 0 Å². The molecule has 5 rings (SSSR count). The molecule has 0 saturated carbocycles. The fourth-order valence-electron chi connectivity index (χ4n) is 5.82. The summed E-state index contributed by atoms with van der Waals surface area (Å²) >= 11 is 0. The van der Waals surface area contributed by atoms with Crippen LogP contribution in [0.5, 0.6) is 0 Å². The largest absolute Gasteiger partial charge is 0.445 e. The van der Waals surface area contributed by atoms with Gasteiger partial charge in [0, 0.05) is 18.8 Å². The number of carbonyl (C=O) groups is 3. The summed E-state index contributed by atoms with van der Waals surface area (Å²) in [5.41, 5.74) is -3.84. The lowest BCUT2D eigenvalue weighted by Gasteiger charge is -2.35. The maximum Gasteiger partial charge on any atom is 0.417 e. The molecule has 12 heteroatoms. The highest BCUT2D eigenvalue weighted by Crippen LogP contribution is 2.61. The van der Waals surface area contributed by atoms with Gasteiger partial charge in [0.2, 0.25) is 11.8 Å². The highest BCUT2D eigenvalue weighted by atomic mass is 19.4. The standard InChI is InChI=1S/C25H21F3N4O5/c1-23-10-17(31-22(35)36-12-13-5-7-30-8-6-13)24(2,37-23)19-18(23)20(33)32(21(19)34)15-4-3-14(11-29)16(9-15)25(26,27)28/h3-9,17-19H,10,12H2,1-2H3,(H,31,35). The van der Waals surface area contributed by atoms with Crippen LogP contribution in [0.15, 0.2) is 42.7 Å². The Bertz CT molecular complexity index is 1340. The van der Waals surface area contributed by atoms with E-state index in [1.807, 2.05) is 0 Å². The van der Waals surface area contributed by atoms with Crippen LogP contribution in [0.1, 0.15) is 37.0 Å². The van der Waals surface area contributed by atoms with E-state index in [-0.39, 0.29) is 18.7 Å². The lowest BCUT2D eigenvalue weighted by atomic mass is 9.66. The summed E-state index contributed by atoms with van der Waals surface area (Å²) in [6.45, 7) is 3.24. The quantitative estimate of drug-likeness (QED) is 0.621. The Labute approximate surface area is 209 Å². The predicted molar refractivity (Wildman–Crippen MR) is 119 cm³/mol. The molecule has 1 N–H and O–H groups in total. The summed E-state index contributed by atoms with van der Waals surface area (Å²) in [4.78, 5) is 44.1. The third-order valence-electron chi connectivity index (χ3n) is 7.43. The Hall–Kier alpha value is -3.98. The van der Waals surface area contributed by atoms with Gasteiger partial charge < -0.3 is 14.8 Å². The van der Waals surface area contributed by atoms with Gasteiger partial charge in [-0.25, -0.2) is 9.69 Å². The smallest absolute Gasteiger partial charge is 0.417 e. The Morgan fingerprint density at radius 3 is 2.54 bits per heavy atom. The second-order valence-electron chi connectivity index (χ2n) is 9.74. The van der Waals surface area contributed by atoms with Gasteiger partial charge in [0.15, 0.2) is 0 Å². The number of anilines is 1. The number of alkyl carbamates (subject to hydrolysis) is 1. The third kappa shape index (κ3) is 3.81. The molecule has 2 bridgehead atoms. The highest BCUT2D eigenvalue weighted by molar-refractivity contribution is 6.23. The highest BCUT2D eigenvalue weighted by Gasteiger charge is 2.76. The lowest BCUT2D eigenvalue weighted by molar-refractivity contribution is -0.138. The topological polar surface area (TPSA) is 122 Å². The second kappa shape index (κ2) is 8.27. The number of halogens is 3. The van der Waals surface area contributed by atoms with E-state index in [1.165, 1.54) is 6.07 Å². The van der Waals surface area contributed by atoms with Crippen molar-refractivity contribution in [3.8, 4) is 6.07 Å². The Balaban J connectivity index is 1.39. The maximum atomic E-state index is 13.5. The first kappa shape index (κ1) is 24.7. The van der Waals surface area contributed by atoms with Crippen molar-refractivity contribution in [2.24, 2.45) is 11.8 Å². The minimum atomic E-state index is -4.85. The van der Waals surface area contributed by atoms with Gasteiger partial charge in [-0.05, 0) is 49.7 Å². The molecule has 0 aliphatic carbocycles. The van der Waals surface area contributed by atoms with Crippen LogP contribution < -0.4 is 10.2 Å². The summed E-state index contributed by atoms with van der Waals surface area (Å²) < 4.78 is 52.0. The van der Waals surface area contributed by atoms with Gasteiger partial charge in [0.1, 0.15) is 6.61 Å². The number of fused-ring (bicyclic) bond motifs is 5. The average molecular weight is 514 g/mol. The minimum Gasteiger partial charge on any atom is -0.445 e. The van der Waals surface area contributed by atoms with Crippen molar-refractivity contribution in [3.05, 3.63) is 59.4 Å². The molecule has 1 aromatic heterocycles. The molecular weight excluding hydrogens is 493 g/mol. The van der Waals surface area contributed by atoms with Gasteiger partial charge in [-0.15, -0.1) is 0 Å². The molecule has 3 aliphatic heterocycles. The normalized spacial score (nSPS) is 30.3. The first-order valence-corrected chi connectivity index (χ1v) is 11.4. The molecule has 3 fully saturated rings. The first-order valence-electron chi connectivity index (χ1n) is 11.4. The molecule has 9 nitrogen and oxygen atoms in total. The number of pyridine rings is 1. The van der Waals surface area contributed by atoms with Crippen LogP contribution in [0.25, 0.3) is 0 Å². The van der Waals surface area contributed by atoms with E-state index in [2.05, 4.69) is 10.3 Å². The van der Waals surface area contributed by atoms with Gasteiger partial charge in [-0.2, -0.15) is 18.4 Å². The molecule has 5 unspecified atom stereocenters. The van der Waals surface area contributed by atoms with Crippen LogP contribution >= 0.6 is 0 Å². The van der Waals surface area contributed by atoms with Crippen molar-refractivity contribution in [1.29, 1.82) is 5.26 Å². The van der Waals surface area contributed by atoms with Crippen molar-refractivity contribution in [3.63, 3.8) is 0 Å². The molecule has 0 radical (unpaired) electrons. The van der Waals surface area contributed by atoms with Crippen LogP contribution in [0.4, 0.5) is 23.7 Å². The van der Waals surface area contributed by atoms with E-state index < -0.39 is 64.3 Å². The van der Waals surface area contributed by atoms with Gasteiger partial charge in [-0.3, -0.25) is 14.6 Å². The van der Waals surface area contributed by atoms with E-state index >= 15 is 0 Å². The number of rotatable bonds is 4. The number of hydrogen-bond donors (Lipinski definition) is 1. The monoisotopic (exact) mass is 514 g/mol. The maximum absolute atomic E-state index is 13.5. The fourth-order valence-corrected chi connectivity index (χ4v) is 5.82. The number of imide groups is 1. The number of benzene rings is 1. The van der Waals surface area contributed by atoms with Crippen molar-refractivity contribution in [1.82, 2.24) is 10.3 Å². The zero-order chi connectivity index (χ0) is 26.8. The molecule has 3 amide bonds. The van der Waals surface area contributed by atoms with Gasteiger partial charge in [0.05, 0.1) is 52.0 Å². The van der Waals surface area contributed by atoms with Crippen LogP contribution in [0.3, 0.4) is 0 Å². The van der Waals surface area contributed by atoms with E-state index in [9.17, 15) is 27.6 Å². The SMILES string of the molecule is CC12CC(NC(=O)OCc3ccncc3)C(C)(O1)C1C(=O)N(c3ccc(C#N)c(C(F)(F)F)c3)C(=O)C12. The zero-order valence-corrected chi connectivity index (χ0v) is 19.7. The Morgan fingerprint density at radius 1 is 1.22 bits per heavy atom. The number of aromatic nitrogens is 1. The summed E-state index contributed by atoms with van der Waals surface area (Å²) in [5.74, 6) is -3.39. The second-order valence-corrected chi connectivity index (χ2v) is 9.74. The zero-order valence-electron chi connectivity index (χ0n) is 19.7. The van der Waals surface area contributed by atoms with Crippen LogP contribution in [-0.4, -0.2) is 40.1 Å². The number of nitrogens with one attached hydrogen (secondary N) is 1. The number of nitriles is 1. The van der Waals surface area contributed by atoms with Crippen molar-refractivity contribution < 1.29 is 37.0 Å². The number of nitrogens with zero attached hydrogens (tertiary/aromatic N) is 3. The van der Waals surface area contributed by atoms with Crippen LogP contribution in [0, 0.1) is 23.2 Å². The van der Waals surface area contributed by atoms with E-state index in [4.69, 9.17) is 14.7 Å². The molecule has 5 atom stereocenters. The number of alkyl halides is 3. The lowest BCUT2D eigenvalue weighted by Crippen LogP contribution is -2.56. The van der Waals surface area contributed by atoms with E-state index in [0.29, 0.717) is 6.07 Å². The molecule has 1 aromatic carbocycles. The summed E-state index contributed by atoms with van der Waals surface area (Å²) in [5, 5.41) is 11.8. The van der Waals surface area contributed by atoms with Crippen LogP contribution in [0.2, 0.25) is 0 Å². The van der Waals surface area contributed by atoms with Crippen molar-refractivity contribution >= 4 is 23.6 Å². The molecule has 3 aliphatic rings. The predicted octanol–water partition coefficient (Wildman–Crippen LogP) is 3.32. The number of carbonyl (C=O) groups excluding carboxylic acids is 3. The number of hydrogen-bond acceptors (Lipinski definition) is 7. The van der Waals surface area contributed by atoms with Crippen molar-refractivity contribution in [2.75, 3.05) is 4.90 Å². The van der Waals surface area contributed by atoms with Crippen molar-refractivity contribution in [2.45, 2.75) is 50.3 Å². The van der Waals surface area contributed by atoms with E-state index in [1.54, 1.807) is 38.4 Å². The Kier molecular flexibility index (Phi) is 5.52. The molecule has 192 valence electrons. The minimum absolute atomic E-state index is 0.00656. The molecule has 0 spiro atoms.